The lowest BCUT2D eigenvalue weighted by Gasteiger charge is -2.08. The quantitative estimate of drug-likeness (QED) is 0.330. The maximum Gasteiger partial charge on any atom is 0.345 e. The molecule has 0 aliphatic rings. The minimum atomic E-state index is -0.386. The van der Waals surface area contributed by atoms with E-state index in [-0.39, 0.29) is 5.97 Å². The fourth-order valence-corrected chi connectivity index (χ4v) is 1.74. The molecule has 1 aromatic carbocycles. The zero-order valence-electron chi connectivity index (χ0n) is 10.9. The number of esters is 1. The highest BCUT2D eigenvalue weighted by molar-refractivity contribution is 9.12. The van der Waals surface area contributed by atoms with E-state index in [9.17, 15) is 4.79 Å². The Morgan fingerprint density at radius 2 is 2.16 bits per heavy atom. The predicted octanol–water partition coefficient (Wildman–Crippen LogP) is 3.94. The van der Waals surface area contributed by atoms with Crippen LogP contribution >= 0.6 is 15.9 Å². The molecule has 0 bridgehead atoms. The molecule has 0 heterocycles. The first-order valence-corrected chi connectivity index (χ1v) is 6.85. The van der Waals surface area contributed by atoms with Crippen molar-refractivity contribution in [3.63, 3.8) is 0 Å². The number of benzene rings is 1. The first-order chi connectivity index (χ1) is 9.19. The average molecular weight is 325 g/mol. The van der Waals surface area contributed by atoms with Gasteiger partial charge in [0.05, 0.1) is 13.2 Å². The highest BCUT2D eigenvalue weighted by atomic mass is 79.9. The Balaban J connectivity index is 2.84. The van der Waals surface area contributed by atoms with Crippen molar-refractivity contribution in [2.24, 2.45) is 0 Å². The molecule has 3 nitrogen and oxygen atoms in total. The van der Waals surface area contributed by atoms with Crippen LogP contribution in [0.3, 0.4) is 0 Å². The standard InChI is InChI=1S/C15H17BrO3/c1-3-5-10-19-14-9-7-6-8-12(14)11-13(16)15(17)18-4-2/h3,6-9,11H,1,4-5,10H2,2H3/b13-11-. The van der Waals surface area contributed by atoms with Crippen molar-refractivity contribution in [2.75, 3.05) is 13.2 Å². The summed E-state index contributed by atoms with van der Waals surface area (Å²) < 4.78 is 10.9. The van der Waals surface area contributed by atoms with Gasteiger partial charge in [0.25, 0.3) is 0 Å². The summed E-state index contributed by atoms with van der Waals surface area (Å²) in [5.41, 5.74) is 0.825. The van der Waals surface area contributed by atoms with Crippen molar-refractivity contribution in [3.8, 4) is 5.75 Å². The van der Waals surface area contributed by atoms with Gasteiger partial charge in [-0.3, -0.25) is 0 Å². The van der Waals surface area contributed by atoms with Crippen LogP contribution in [0.2, 0.25) is 0 Å². The summed E-state index contributed by atoms with van der Waals surface area (Å²) in [5, 5.41) is 0. The van der Waals surface area contributed by atoms with E-state index in [1.807, 2.05) is 24.3 Å². The third-order valence-corrected chi connectivity index (χ3v) is 2.80. The molecule has 0 atom stereocenters. The van der Waals surface area contributed by atoms with Gasteiger partial charge in [-0.25, -0.2) is 4.79 Å². The van der Waals surface area contributed by atoms with E-state index in [1.165, 1.54) is 0 Å². The van der Waals surface area contributed by atoms with Crippen molar-refractivity contribution in [1.29, 1.82) is 0 Å². The first-order valence-electron chi connectivity index (χ1n) is 6.06. The highest BCUT2D eigenvalue weighted by Crippen LogP contribution is 2.23. The lowest BCUT2D eigenvalue weighted by molar-refractivity contribution is -0.137. The van der Waals surface area contributed by atoms with E-state index in [0.29, 0.717) is 17.7 Å². The second-order valence-electron chi connectivity index (χ2n) is 3.68. The fourth-order valence-electron chi connectivity index (χ4n) is 1.38. The molecule has 19 heavy (non-hydrogen) atoms. The number of hydrogen-bond donors (Lipinski definition) is 0. The van der Waals surface area contributed by atoms with Gasteiger partial charge in [-0.1, -0.05) is 24.3 Å². The minimum Gasteiger partial charge on any atom is -0.493 e. The van der Waals surface area contributed by atoms with Crippen LogP contribution in [0.15, 0.2) is 41.4 Å². The van der Waals surface area contributed by atoms with Gasteiger partial charge in [0.1, 0.15) is 10.2 Å². The Hall–Kier alpha value is -1.55. The molecule has 0 unspecified atom stereocenters. The molecule has 0 aliphatic carbocycles. The lowest BCUT2D eigenvalue weighted by Crippen LogP contribution is -2.03. The molecule has 0 fully saturated rings. The molecule has 0 N–H and O–H groups in total. The van der Waals surface area contributed by atoms with Gasteiger partial charge in [0.2, 0.25) is 0 Å². The fraction of sp³-hybridized carbons (Fsp3) is 0.267. The summed E-state index contributed by atoms with van der Waals surface area (Å²) in [4.78, 5) is 11.5. The summed E-state index contributed by atoms with van der Waals surface area (Å²) in [6, 6.07) is 7.51. The molecule has 102 valence electrons. The van der Waals surface area contributed by atoms with Crippen LogP contribution in [0.1, 0.15) is 18.9 Å². The monoisotopic (exact) mass is 324 g/mol. The van der Waals surface area contributed by atoms with Gasteiger partial charge in [0.15, 0.2) is 0 Å². The first kappa shape index (κ1) is 15.5. The van der Waals surface area contributed by atoms with Crippen molar-refractivity contribution in [1.82, 2.24) is 0 Å². The Bertz CT molecular complexity index is 466. The van der Waals surface area contributed by atoms with Crippen LogP contribution in [0.5, 0.6) is 5.75 Å². The number of halogens is 1. The Morgan fingerprint density at radius 3 is 2.84 bits per heavy atom. The third kappa shape index (κ3) is 5.30. The largest absolute Gasteiger partial charge is 0.493 e. The molecular formula is C15H17BrO3. The SMILES string of the molecule is C=CCCOc1ccccc1/C=C(\Br)C(=O)OCC. The predicted molar refractivity (Wildman–Crippen MR) is 80.3 cm³/mol. The normalized spacial score (nSPS) is 10.9. The number of carbonyl (C=O) groups is 1. The van der Waals surface area contributed by atoms with Crippen LogP contribution in [0, 0.1) is 0 Å². The molecule has 4 heteroatoms. The number of para-hydroxylation sites is 1. The average Bonchev–Trinajstić information content (AvgIpc) is 2.41. The molecule has 0 saturated heterocycles. The van der Waals surface area contributed by atoms with E-state index in [4.69, 9.17) is 9.47 Å². The molecule has 1 rings (SSSR count). The Kier molecular flexibility index (Phi) is 6.97. The molecule has 0 aliphatic heterocycles. The molecular weight excluding hydrogens is 308 g/mol. The number of ether oxygens (including phenoxy) is 2. The summed E-state index contributed by atoms with van der Waals surface area (Å²) in [6.45, 7) is 6.32. The summed E-state index contributed by atoms with van der Waals surface area (Å²) >= 11 is 3.21. The summed E-state index contributed by atoms with van der Waals surface area (Å²) in [7, 11) is 0. The van der Waals surface area contributed by atoms with Crippen molar-refractivity contribution >= 4 is 28.0 Å². The van der Waals surface area contributed by atoms with Crippen LogP contribution in [-0.2, 0) is 9.53 Å². The van der Waals surface area contributed by atoms with Crippen LogP contribution in [0.4, 0.5) is 0 Å². The maximum atomic E-state index is 11.5. The summed E-state index contributed by atoms with van der Waals surface area (Å²) in [6.07, 6.45) is 4.27. The molecule has 0 aromatic heterocycles. The van der Waals surface area contributed by atoms with Gasteiger partial charge in [-0.2, -0.15) is 0 Å². The number of rotatable bonds is 7. The van der Waals surface area contributed by atoms with Crippen molar-refractivity contribution < 1.29 is 14.3 Å². The van der Waals surface area contributed by atoms with E-state index in [2.05, 4.69) is 22.5 Å². The van der Waals surface area contributed by atoms with E-state index in [1.54, 1.807) is 19.1 Å². The summed E-state index contributed by atoms with van der Waals surface area (Å²) in [5.74, 6) is 0.342. The van der Waals surface area contributed by atoms with E-state index < -0.39 is 0 Å². The van der Waals surface area contributed by atoms with Gasteiger partial charge >= 0.3 is 5.97 Å². The molecule has 0 spiro atoms. The Morgan fingerprint density at radius 1 is 1.42 bits per heavy atom. The molecule has 1 aromatic rings. The van der Waals surface area contributed by atoms with Gasteiger partial charge < -0.3 is 9.47 Å². The molecule has 0 amide bonds. The third-order valence-electron chi connectivity index (χ3n) is 2.25. The smallest absolute Gasteiger partial charge is 0.345 e. The minimum absolute atomic E-state index is 0.346. The topological polar surface area (TPSA) is 35.5 Å². The van der Waals surface area contributed by atoms with Gasteiger partial charge in [-0.05, 0) is 41.4 Å². The van der Waals surface area contributed by atoms with Crippen LogP contribution < -0.4 is 4.74 Å². The van der Waals surface area contributed by atoms with Gasteiger partial charge in [-0.15, -0.1) is 6.58 Å². The zero-order valence-corrected chi connectivity index (χ0v) is 12.5. The molecule has 0 saturated carbocycles. The van der Waals surface area contributed by atoms with Crippen molar-refractivity contribution in [3.05, 3.63) is 47.0 Å². The van der Waals surface area contributed by atoms with E-state index >= 15 is 0 Å². The van der Waals surface area contributed by atoms with Crippen molar-refractivity contribution in [2.45, 2.75) is 13.3 Å². The van der Waals surface area contributed by atoms with Gasteiger partial charge in [0, 0.05) is 5.56 Å². The number of carbonyl (C=O) groups excluding carboxylic acids is 1. The maximum absolute atomic E-state index is 11.5. The second kappa shape index (κ2) is 8.53. The second-order valence-corrected chi connectivity index (χ2v) is 4.53. The van der Waals surface area contributed by atoms with Crippen LogP contribution in [-0.4, -0.2) is 19.2 Å². The number of hydrogen-bond acceptors (Lipinski definition) is 3. The van der Waals surface area contributed by atoms with E-state index in [0.717, 1.165) is 17.7 Å². The van der Waals surface area contributed by atoms with Crippen LogP contribution in [0.25, 0.3) is 6.08 Å². The highest BCUT2D eigenvalue weighted by Gasteiger charge is 2.08. The lowest BCUT2D eigenvalue weighted by atomic mass is 10.2. The Labute approximate surface area is 122 Å². The zero-order chi connectivity index (χ0) is 14.1. The molecule has 0 radical (unpaired) electrons.